The van der Waals surface area contributed by atoms with Gasteiger partial charge in [-0.15, -0.1) is 0 Å². The number of aliphatic carboxylic acids is 1. The molecule has 4 unspecified atom stereocenters. The van der Waals surface area contributed by atoms with E-state index in [1.807, 2.05) is 0 Å². The summed E-state index contributed by atoms with van der Waals surface area (Å²) >= 11 is 0. The highest BCUT2D eigenvalue weighted by Gasteiger charge is 2.33. The Balaban J connectivity index is -0.000000159. The minimum Gasteiger partial charge on any atom is -0.479 e. The zero-order chi connectivity index (χ0) is 24.1. The van der Waals surface area contributed by atoms with Gasteiger partial charge in [0.05, 0.1) is 0 Å². The van der Waals surface area contributed by atoms with Gasteiger partial charge in [-0.25, -0.2) is 4.79 Å². The minimum atomic E-state index is -4.67. The van der Waals surface area contributed by atoms with Crippen LogP contribution in [-0.4, -0.2) is 115 Å². The molecule has 11 N–H and O–H groups in total. The van der Waals surface area contributed by atoms with Crippen LogP contribution in [0.5, 0.6) is 0 Å². The van der Waals surface area contributed by atoms with Gasteiger partial charge in [0.15, 0.2) is 12.4 Å². The zero-order valence-corrected chi connectivity index (χ0v) is 15.2. The lowest BCUT2D eigenvalue weighted by Crippen LogP contribution is -2.48. The molecular weight excluding hydrogens is 472 g/mol. The number of carboxylic acid groups (broad SMARTS) is 1. The lowest BCUT2D eigenvalue weighted by atomic mass is 10.0. The Labute approximate surface area is 156 Å². The summed E-state index contributed by atoms with van der Waals surface area (Å²) in [6.45, 7) is 0. The van der Waals surface area contributed by atoms with Crippen LogP contribution in [0.15, 0.2) is 0 Å². The first-order valence-corrected chi connectivity index (χ1v) is 9.60. The quantitative estimate of drug-likeness (QED) is 0.127. The van der Waals surface area contributed by atoms with Gasteiger partial charge >= 0.3 is 37.2 Å². The van der Waals surface area contributed by atoms with Crippen molar-refractivity contribution in [1.29, 1.82) is 0 Å². The van der Waals surface area contributed by atoms with E-state index in [0.29, 0.717) is 0 Å². The molecule has 28 heavy (non-hydrogen) atoms. The maximum Gasteiger partial charge on any atom is 0.394 e. The van der Waals surface area contributed by atoms with E-state index in [0.717, 1.165) is 0 Å². The Morgan fingerprint density at radius 1 is 0.643 bits per heavy atom. The first kappa shape index (κ1) is 34.1. The fourth-order valence-corrected chi connectivity index (χ4v) is 0.615. The predicted octanol–water partition coefficient (Wildman–Crippen LogP) is -5.24. The van der Waals surface area contributed by atoms with Crippen molar-refractivity contribution in [2.45, 2.75) is 24.4 Å². The Kier molecular flexibility index (Phi) is 17.8. The molecule has 0 heterocycles. The summed E-state index contributed by atoms with van der Waals surface area (Å²) in [5, 5.41) is 43.2. The monoisotopic (exact) mass is 488 g/mol. The number of rotatable bonds is 5. The van der Waals surface area contributed by atoms with Gasteiger partial charge in [-0.1, -0.05) is 0 Å². The second-order valence-corrected chi connectivity index (χ2v) is 6.42. The number of carbonyl (C=O) groups is 2. The minimum absolute atomic E-state index is 0.0809. The SMILES string of the molecule is O=CC(O)C(O)C(O)C(O)C(=O)O.O=S(=O)(O)O.O=S(=O)(O)O.O=S(=O)(O)O. The van der Waals surface area contributed by atoms with E-state index in [1.54, 1.807) is 0 Å². The summed E-state index contributed by atoms with van der Waals surface area (Å²) in [6.07, 6.45) is -8.39. The molecule has 0 rings (SSSR count). The Morgan fingerprint density at radius 2 is 0.857 bits per heavy atom. The number of carboxylic acids is 1. The van der Waals surface area contributed by atoms with Gasteiger partial charge < -0.3 is 30.3 Å². The van der Waals surface area contributed by atoms with Gasteiger partial charge in [0.1, 0.15) is 18.3 Å². The molecule has 0 aromatic heterocycles. The molecule has 19 nitrogen and oxygen atoms in total. The molecule has 0 aromatic carbocycles. The van der Waals surface area contributed by atoms with Gasteiger partial charge in [-0.3, -0.25) is 27.3 Å². The maximum atomic E-state index is 10.1. The van der Waals surface area contributed by atoms with Crippen molar-refractivity contribution in [2.75, 3.05) is 0 Å². The van der Waals surface area contributed by atoms with E-state index in [1.165, 1.54) is 0 Å². The molecule has 0 radical (unpaired) electrons. The van der Waals surface area contributed by atoms with E-state index in [-0.39, 0.29) is 6.29 Å². The molecule has 0 saturated heterocycles. The second-order valence-electron chi connectivity index (χ2n) is 3.73. The molecule has 0 bridgehead atoms. The van der Waals surface area contributed by atoms with Crippen LogP contribution in [0.3, 0.4) is 0 Å². The number of aliphatic hydroxyl groups excluding tert-OH is 4. The van der Waals surface area contributed by atoms with Crippen molar-refractivity contribution in [1.82, 2.24) is 0 Å². The van der Waals surface area contributed by atoms with Crippen molar-refractivity contribution < 1.29 is 87.7 Å². The first-order valence-electron chi connectivity index (χ1n) is 5.41. The largest absolute Gasteiger partial charge is 0.479 e. The molecule has 0 aliphatic heterocycles. The van der Waals surface area contributed by atoms with E-state index in [4.69, 9.17) is 78.1 Å². The summed E-state index contributed by atoms with van der Waals surface area (Å²) < 4.78 is 94.8. The highest BCUT2D eigenvalue weighted by Crippen LogP contribution is 2.03. The molecule has 0 aliphatic rings. The van der Waals surface area contributed by atoms with Crippen LogP contribution in [0, 0.1) is 0 Å². The van der Waals surface area contributed by atoms with E-state index in [9.17, 15) is 9.59 Å². The van der Waals surface area contributed by atoms with Crippen molar-refractivity contribution >= 4 is 43.5 Å². The lowest BCUT2D eigenvalue weighted by molar-refractivity contribution is -0.163. The first-order chi connectivity index (χ1) is 11.9. The van der Waals surface area contributed by atoms with E-state index in [2.05, 4.69) is 0 Å². The maximum absolute atomic E-state index is 10.1. The van der Waals surface area contributed by atoms with Gasteiger partial charge in [0.25, 0.3) is 0 Å². The Morgan fingerprint density at radius 3 is 1.00 bits per heavy atom. The summed E-state index contributed by atoms with van der Waals surface area (Å²) in [5.41, 5.74) is 0. The smallest absolute Gasteiger partial charge is 0.394 e. The van der Waals surface area contributed by atoms with Crippen molar-refractivity contribution in [3.05, 3.63) is 0 Å². The van der Waals surface area contributed by atoms with E-state index >= 15 is 0 Å². The summed E-state index contributed by atoms with van der Waals surface area (Å²) in [5.74, 6) is -1.76. The number of hydrogen-bond acceptors (Lipinski definition) is 12. The van der Waals surface area contributed by atoms with Crippen LogP contribution in [0.2, 0.25) is 0 Å². The van der Waals surface area contributed by atoms with Crippen LogP contribution in [0.1, 0.15) is 0 Å². The van der Waals surface area contributed by atoms with Crippen LogP contribution in [-0.2, 0) is 40.8 Å². The van der Waals surface area contributed by atoms with Crippen LogP contribution < -0.4 is 0 Å². The summed E-state index contributed by atoms with van der Waals surface area (Å²) in [6, 6.07) is 0. The van der Waals surface area contributed by atoms with Crippen LogP contribution >= 0.6 is 0 Å². The van der Waals surface area contributed by atoms with Gasteiger partial charge in [0.2, 0.25) is 0 Å². The fraction of sp³-hybridized carbons (Fsp3) is 0.667. The Hall–Kier alpha value is -1.41. The third-order valence-electron chi connectivity index (χ3n) is 1.42. The molecular formula is C6H16O19S3. The summed E-state index contributed by atoms with van der Waals surface area (Å²) in [7, 11) is -14.0. The third kappa shape index (κ3) is 49.7. The number of aldehydes is 1. The number of aliphatic hydroxyl groups is 4. The normalized spacial score (nSPS) is 15.5. The molecule has 0 aromatic rings. The third-order valence-corrected chi connectivity index (χ3v) is 1.42. The molecule has 22 heteroatoms. The standard InChI is InChI=1S/C6H10O7.3H2O4S/c7-1-2(8)3(9)4(10)5(11)6(12)13;3*1-5(2,3)4/h1-5,8-11H,(H,12,13);3*(H2,1,2,3,4). The van der Waals surface area contributed by atoms with Crippen molar-refractivity contribution in [3.63, 3.8) is 0 Å². The number of carbonyl (C=O) groups excluding carboxylic acids is 1. The lowest BCUT2D eigenvalue weighted by Gasteiger charge is -2.21. The van der Waals surface area contributed by atoms with E-state index < -0.39 is 61.6 Å². The fourth-order valence-electron chi connectivity index (χ4n) is 0.615. The highest BCUT2D eigenvalue weighted by molar-refractivity contribution is 7.80. The van der Waals surface area contributed by atoms with Gasteiger partial charge in [0, 0.05) is 0 Å². The molecule has 0 aliphatic carbocycles. The molecule has 0 saturated carbocycles. The zero-order valence-electron chi connectivity index (χ0n) is 12.8. The van der Waals surface area contributed by atoms with Gasteiger partial charge in [-0.05, 0) is 0 Å². The molecule has 0 amide bonds. The average Bonchev–Trinajstić information content (AvgIpc) is 2.38. The number of hydrogen-bond donors (Lipinski definition) is 11. The average molecular weight is 488 g/mol. The highest BCUT2D eigenvalue weighted by atomic mass is 32.3. The second kappa shape index (κ2) is 14.6. The Bertz CT molecular complexity index is 652. The summed E-state index contributed by atoms with van der Waals surface area (Å²) in [4.78, 5) is 20.0. The molecule has 4 atom stereocenters. The molecule has 0 spiro atoms. The topological polar surface area (TPSA) is 359 Å². The molecule has 0 fully saturated rings. The van der Waals surface area contributed by atoms with Crippen molar-refractivity contribution in [3.8, 4) is 0 Å². The van der Waals surface area contributed by atoms with Crippen LogP contribution in [0.4, 0.5) is 0 Å². The van der Waals surface area contributed by atoms with Crippen LogP contribution in [0.25, 0.3) is 0 Å². The predicted molar refractivity (Wildman–Crippen MR) is 80.3 cm³/mol. The van der Waals surface area contributed by atoms with Gasteiger partial charge in [-0.2, -0.15) is 25.3 Å². The van der Waals surface area contributed by atoms with Crippen molar-refractivity contribution in [2.24, 2.45) is 0 Å². The molecule has 172 valence electrons.